The van der Waals surface area contributed by atoms with Crippen LogP contribution in [0.3, 0.4) is 0 Å². The Hall–Kier alpha value is -1.36. The molecule has 0 saturated carbocycles. The van der Waals surface area contributed by atoms with E-state index in [9.17, 15) is 4.79 Å². The minimum Gasteiger partial charge on any atom is -0.378 e. The van der Waals surface area contributed by atoms with Crippen molar-refractivity contribution < 1.29 is 9.53 Å². The maximum absolute atomic E-state index is 11.8. The average molecular weight is 327 g/mol. The Morgan fingerprint density at radius 1 is 1.24 bits per heavy atom. The summed E-state index contributed by atoms with van der Waals surface area (Å²) in [4.78, 5) is 16.1. The van der Waals surface area contributed by atoms with Gasteiger partial charge in [-0.05, 0) is 38.1 Å². The first kappa shape index (κ1) is 16.0. The Bertz CT molecular complexity index is 659. The van der Waals surface area contributed by atoms with Gasteiger partial charge in [0.1, 0.15) is 5.82 Å². The van der Waals surface area contributed by atoms with Gasteiger partial charge in [-0.2, -0.15) is 0 Å². The summed E-state index contributed by atoms with van der Waals surface area (Å²) < 4.78 is 5.34. The molecule has 0 bridgehead atoms. The molecule has 0 aliphatic carbocycles. The highest BCUT2D eigenvalue weighted by Gasteiger charge is 2.08. The van der Waals surface area contributed by atoms with E-state index in [1.807, 2.05) is 13.8 Å². The van der Waals surface area contributed by atoms with Crippen LogP contribution in [0.5, 0.6) is 0 Å². The van der Waals surface area contributed by atoms with Crippen LogP contribution in [0.15, 0.2) is 24.3 Å². The number of aromatic nitrogens is 1. The lowest BCUT2D eigenvalue weighted by Crippen LogP contribution is -2.16. The second-order valence-electron chi connectivity index (χ2n) is 4.84. The van der Waals surface area contributed by atoms with Gasteiger partial charge in [-0.25, -0.2) is 4.98 Å². The smallest absolute Gasteiger partial charge is 0.227 e. The fraction of sp³-hybridized carbons (Fsp3) is 0.333. The quantitative estimate of drug-likeness (QED) is 0.891. The minimum atomic E-state index is -0.152. The second kappa shape index (κ2) is 7.07. The maximum Gasteiger partial charge on any atom is 0.227 e. The van der Waals surface area contributed by atoms with Crippen molar-refractivity contribution in [1.29, 1.82) is 0 Å². The number of amides is 1. The maximum atomic E-state index is 11.8. The summed E-state index contributed by atoms with van der Waals surface area (Å²) in [6.45, 7) is 4.23. The molecule has 2 rings (SSSR count). The van der Waals surface area contributed by atoms with Crippen LogP contribution in [0.25, 0.3) is 10.9 Å². The molecule has 2 aromatic rings. The standard InChI is InChI=1S/C15H16Cl2N2O2/c1-9(2)21-8-7-14(20)18-13-6-3-10-11(16)4-5-12(17)15(10)19-13/h3-6,9H,7-8H2,1-2H3,(H,18,19,20). The summed E-state index contributed by atoms with van der Waals surface area (Å²) in [5.74, 6) is 0.293. The molecular weight excluding hydrogens is 311 g/mol. The van der Waals surface area contributed by atoms with Crippen LogP contribution in [0, 0.1) is 0 Å². The lowest BCUT2D eigenvalue weighted by atomic mass is 10.2. The number of hydrogen-bond acceptors (Lipinski definition) is 3. The van der Waals surface area contributed by atoms with E-state index in [4.69, 9.17) is 27.9 Å². The van der Waals surface area contributed by atoms with E-state index in [0.29, 0.717) is 28.0 Å². The van der Waals surface area contributed by atoms with Gasteiger partial charge < -0.3 is 10.1 Å². The molecule has 0 aliphatic heterocycles. The highest BCUT2D eigenvalue weighted by atomic mass is 35.5. The van der Waals surface area contributed by atoms with Gasteiger partial charge in [0, 0.05) is 5.39 Å². The summed E-state index contributed by atoms with van der Waals surface area (Å²) >= 11 is 12.2. The third-order valence-corrected chi connectivity index (χ3v) is 3.44. The molecule has 0 aliphatic rings. The number of ether oxygens (including phenoxy) is 1. The molecule has 0 fully saturated rings. The Morgan fingerprint density at radius 3 is 2.67 bits per heavy atom. The van der Waals surface area contributed by atoms with Crippen LogP contribution in [-0.2, 0) is 9.53 Å². The third-order valence-electron chi connectivity index (χ3n) is 2.80. The van der Waals surface area contributed by atoms with Crippen molar-refractivity contribution in [3.8, 4) is 0 Å². The zero-order valence-corrected chi connectivity index (χ0v) is 13.3. The van der Waals surface area contributed by atoms with Crippen LogP contribution in [-0.4, -0.2) is 23.6 Å². The molecule has 112 valence electrons. The number of fused-ring (bicyclic) bond motifs is 1. The first-order valence-electron chi connectivity index (χ1n) is 6.63. The van der Waals surface area contributed by atoms with Crippen LogP contribution in [0.1, 0.15) is 20.3 Å². The van der Waals surface area contributed by atoms with E-state index in [0.717, 1.165) is 5.39 Å². The van der Waals surface area contributed by atoms with Gasteiger partial charge in [-0.1, -0.05) is 23.2 Å². The number of nitrogens with zero attached hydrogens (tertiary/aromatic N) is 1. The highest BCUT2D eigenvalue weighted by Crippen LogP contribution is 2.29. The molecule has 0 saturated heterocycles. The molecule has 0 radical (unpaired) electrons. The molecule has 1 amide bonds. The lowest BCUT2D eigenvalue weighted by molar-refractivity contribution is -0.117. The molecule has 21 heavy (non-hydrogen) atoms. The van der Waals surface area contributed by atoms with E-state index in [1.54, 1.807) is 24.3 Å². The Balaban J connectivity index is 2.09. The third kappa shape index (κ3) is 4.30. The zero-order chi connectivity index (χ0) is 15.4. The molecule has 0 unspecified atom stereocenters. The molecule has 1 aromatic heterocycles. The summed E-state index contributed by atoms with van der Waals surface area (Å²) in [7, 11) is 0. The number of hydrogen-bond donors (Lipinski definition) is 1. The number of anilines is 1. The highest BCUT2D eigenvalue weighted by molar-refractivity contribution is 6.39. The molecule has 6 heteroatoms. The van der Waals surface area contributed by atoms with Crippen molar-refractivity contribution in [2.24, 2.45) is 0 Å². The van der Waals surface area contributed by atoms with E-state index in [1.165, 1.54) is 0 Å². The van der Waals surface area contributed by atoms with Crippen molar-refractivity contribution in [1.82, 2.24) is 4.98 Å². The van der Waals surface area contributed by atoms with Crippen molar-refractivity contribution >= 4 is 45.8 Å². The number of benzene rings is 1. The van der Waals surface area contributed by atoms with Crippen LogP contribution in [0.4, 0.5) is 5.82 Å². The predicted octanol–water partition coefficient (Wildman–Crippen LogP) is 4.30. The first-order chi connectivity index (χ1) is 9.97. The van der Waals surface area contributed by atoms with Crippen LogP contribution in [0.2, 0.25) is 10.0 Å². The fourth-order valence-electron chi connectivity index (χ4n) is 1.81. The van der Waals surface area contributed by atoms with Crippen LogP contribution >= 0.6 is 23.2 Å². The van der Waals surface area contributed by atoms with Crippen LogP contribution < -0.4 is 5.32 Å². The molecule has 1 N–H and O–H groups in total. The van der Waals surface area contributed by atoms with E-state index in [2.05, 4.69) is 10.3 Å². The predicted molar refractivity (Wildman–Crippen MR) is 86.1 cm³/mol. The summed E-state index contributed by atoms with van der Waals surface area (Å²) in [6.07, 6.45) is 0.388. The molecule has 1 aromatic carbocycles. The SMILES string of the molecule is CC(C)OCCC(=O)Nc1ccc2c(Cl)ccc(Cl)c2n1. The summed E-state index contributed by atoms with van der Waals surface area (Å²) in [5, 5.41) is 4.55. The lowest BCUT2D eigenvalue weighted by Gasteiger charge is -2.09. The average Bonchev–Trinajstić information content (AvgIpc) is 2.42. The Labute approximate surface area is 133 Å². The number of halogens is 2. The topological polar surface area (TPSA) is 51.2 Å². The molecule has 1 heterocycles. The van der Waals surface area contributed by atoms with Crippen molar-refractivity contribution in [2.45, 2.75) is 26.4 Å². The van der Waals surface area contributed by atoms with Crippen molar-refractivity contribution in [3.63, 3.8) is 0 Å². The van der Waals surface area contributed by atoms with Gasteiger partial charge in [-0.3, -0.25) is 4.79 Å². The van der Waals surface area contributed by atoms with Gasteiger partial charge in [0.05, 0.1) is 34.7 Å². The fourth-order valence-corrected chi connectivity index (χ4v) is 2.23. The number of carbonyl (C=O) groups is 1. The number of nitrogens with one attached hydrogen (secondary N) is 1. The van der Waals surface area contributed by atoms with Gasteiger partial charge in [0.15, 0.2) is 0 Å². The minimum absolute atomic E-state index is 0.109. The zero-order valence-electron chi connectivity index (χ0n) is 11.8. The van der Waals surface area contributed by atoms with Gasteiger partial charge >= 0.3 is 0 Å². The van der Waals surface area contributed by atoms with E-state index in [-0.39, 0.29) is 18.4 Å². The van der Waals surface area contributed by atoms with Gasteiger partial charge in [0.25, 0.3) is 0 Å². The van der Waals surface area contributed by atoms with E-state index >= 15 is 0 Å². The summed E-state index contributed by atoms with van der Waals surface area (Å²) in [5.41, 5.74) is 0.570. The molecule has 0 spiro atoms. The normalized spacial score (nSPS) is 11.1. The van der Waals surface area contributed by atoms with Crippen molar-refractivity contribution in [2.75, 3.05) is 11.9 Å². The van der Waals surface area contributed by atoms with Gasteiger partial charge in [-0.15, -0.1) is 0 Å². The monoisotopic (exact) mass is 326 g/mol. The number of pyridine rings is 1. The number of rotatable bonds is 5. The van der Waals surface area contributed by atoms with Gasteiger partial charge in [0.2, 0.25) is 5.91 Å². The first-order valence-corrected chi connectivity index (χ1v) is 7.39. The summed E-state index contributed by atoms with van der Waals surface area (Å²) in [6, 6.07) is 6.89. The molecular formula is C15H16Cl2N2O2. The Morgan fingerprint density at radius 2 is 1.95 bits per heavy atom. The second-order valence-corrected chi connectivity index (χ2v) is 5.65. The van der Waals surface area contributed by atoms with Crippen molar-refractivity contribution in [3.05, 3.63) is 34.3 Å². The Kier molecular flexibility index (Phi) is 5.39. The molecule has 4 nitrogen and oxygen atoms in total. The number of carbonyl (C=O) groups excluding carboxylic acids is 1. The largest absolute Gasteiger partial charge is 0.378 e. The van der Waals surface area contributed by atoms with E-state index < -0.39 is 0 Å². The molecule has 0 atom stereocenters.